The highest BCUT2D eigenvalue weighted by Gasteiger charge is 2.41. The van der Waals surface area contributed by atoms with Crippen molar-refractivity contribution in [2.45, 2.75) is 37.6 Å². The highest BCUT2D eigenvalue weighted by molar-refractivity contribution is 5.34. The predicted molar refractivity (Wildman–Crippen MR) is 75.7 cm³/mol. The third-order valence-corrected chi connectivity index (χ3v) is 4.37. The fourth-order valence-electron chi connectivity index (χ4n) is 3.17. The standard InChI is InChI=1S/C16H18FN3/c1-2-16(18,14-8-6-12(17)10-20-14)13-7-5-11-4-3-9-19-15(11)13/h3-4,6,8-10,13H,2,5,7,18H2,1H3. The highest BCUT2D eigenvalue weighted by Crippen LogP contribution is 2.44. The van der Waals surface area contributed by atoms with Crippen LogP contribution in [0, 0.1) is 5.82 Å². The van der Waals surface area contributed by atoms with Gasteiger partial charge >= 0.3 is 0 Å². The van der Waals surface area contributed by atoms with Gasteiger partial charge in [0.1, 0.15) is 5.82 Å². The first kappa shape index (κ1) is 13.2. The van der Waals surface area contributed by atoms with Gasteiger partial charge in [-0.1, -0.05) is 13.0 Å². The molecule has 2 atom stereocenters. The van der Waals surface area contributed by atoms with Crippen molar-refractivity contribution in [3.63, 3.8) is 0 Å². The average Bonchev–Trinajstić information content (AvgIpc) is 2.91. The van der Waals surface area contributed by atoms with Crippen molar-refractivity contribution in [2.75, 3.05) is 0 Å². The van der Waals surface area contributed by atoms with Crippen LogP contribution in [0.1, 0.15) is 42.6 Å². The third kappa shape index (κ3) is 2.00. The fraction of sp³-hybridized carbons (Fsp3) is 0.375. The summed E-state index contributed by atoms with van der Waals surface area (Å²) in [4.78, 5) is 8.73. The second kappa shape index (κ2) is 4.94. The monoisotopic (exact) mass is 271 g/mol. The van der Waals surface area contributed by atoms with Gasteiger partial charge in [-0.25, -0.2) is 4.39 Å². The van der Waals surface area contributed by atoms with Crippen LogP contribution in [0.2, 0.25) is 0 Å². The zero-order valence-corrected chi connectivity index (χ0v) is 11.5. The van der Waals surface area contributed by atoms with Gasteiger partial charge in [0.15, 0.2) is 0 Å². The molecule has 0 aliphatic heterocycles. The van der Waals surface area contributed by atoms with E-state index < -0.39 is 5.54 Å². The summed E-state index contributed by atoms with van der Waals surface area (Å²) in [5.41, 5.74) is 9.15. The molecule has 0 amide bonds. The number of rotatable bonds is 3. The fourth-order valence-corrected chi connectivity index (χ4v) is 3.17. The van der Waals surface area contributed by atoms with Gasteiger partial charge in [-0.05, 0) is 43.0 Å². The Bertz CT molecular complexity index is 611. The smallest absolute Gasteiger partial charge is 0.141 e. The number of fused-ring (bicyclic) bond motifs is 1. The van der Waals surface area contributed by atoms with Gasteiger partial charge in [0.25, 0.3) is 0 Å². The Labute approximate surface area is 118 Å². The molecule has 0 saturated heterocycles. The molecule has 2 aromatic heterocycles. The SMILES string of the molecule is CCC(N)(c1ccc(F)cn1)C1CCc2cccnc21. The van der Waals surface area contributed by atoms with Crippen LogP contribution in [0.15, 0.2) is 36.7 Å². The summed E-state index contributed by atoms with van der Waals surface area (Å²) in [6.07, 6.45) is 5.75. The Kier molecular flexibility index (Phi) is 3.26. The van der Waals surface area contributed by atoms with Crippen molar-refractivity contribution >= 4 is 0 Å². The topological polar surface area (TPSA) is 51.8 Å². The maximum Gasteiger partial charge on any atom is 0.141 e. The molecule has 2 aromatic rings. The van der Waals surface area contributed by atoms with E-state index in [1.54, 1.807) is 6.07 Å². The Balaban J connectivity index is 2.04. The summed E-state index contributed by atoms with van der Waals surface area (Å²) in [6.45, 7) is 2.05. The minimum atomic E-state index is -0.590. The van der Waals surface area contributed by atoms with Gasteiger partial charge in [-0.15, -0.1) is 0 Å². The molecule has 2 unspecified atom stereocenters. The Hall–Kier alpha value is -1.81. The van der Waals surface area contributed by atoms with E-state index in [0.29, 0.717) is 0 Å². The molecule has 3 nitrogen and oxygen atoms in total. The molecular formula is C16H18FN3. The first-order chi connectivity index (χ1) is 9.65. The first-order valence-electron chi connectivity index (χ1n) is 7.00. The lowest BCUT2D eigenvalue weighted by atomic mass is 9.78. The molecular weight excluding hydrogens is 253 g/mol. The Morgan fingerprint density at radius 1 is 1.35 bits per heavy atom. The second-order valence-corrected chi connectivity index (χ2v) is 5.39. The van der Waals surface area contributed by atoms with E-state index in [0.717, 1.165) is 30.7 Å². The quantitative estimate of drug-likeness (QED) is 0.933. The number of hydrogen-bond acceptors (Lipinski definition) is 3. The lowest BCUT2D eigenvalue weighted by Gasteiger charge is -2.34. The molecule has 2 heterocycles. The molecule has 4 heteroatoms. The molecule has 0 aromatic carbocycles. The molecule has 104 valence electrons. The molecule has 20 heavy (non-hydrogen) atoms. The Morgan fingerprint density at radius 3 is 2.90 bits per heavy atom. The number of nitrogens with two attached hydrogens (primary N) is 1. The van der Waals surface area contributed by atoms with Crippen molar-refractivity contribution in [3.05, 3.63) is 59.4 Å². The zero-order chi connectivity index (χ0) is 14.2. The van der Waals surface area contributed by atoms with E-state index in [-0.39, 0.29) is 11.7 Å². The van der Waals surface area contributed by atoms with Crippen LogP contribution in [-0.4, -0.2) is 9.97 Å². The van der Waals surface area contributed by atoms with Crippen molar-refractivity contribution in [1.29, 1.82) is 0 Å². The van der Waals surface area contributed by atoms with Crippen molar-refractivity contribution in [2.24, 2.45) is 5.73 Å². The van der Waals surface area contributed by atoms with Crippen molar-refractivity contribution in [1.82, 2.24) is 9.97 Å². The Morgan fingerprint density at radius 2 is 2.20 bits per heavy atom. The summed E-state index contributed by atoms with van der Waals surface area (Å²) in [6, 6.07) is 7.19. The highest BCUT2D eigenvalue weighted by atomic mass is 19.1. The largest absolute Gasteiger partial charge is 0.320 e. The van der Waals surface area contributed by atoms with E-state index in [1.807, 2.05) is 19.2 Å². The van der Waals surface area contributed by atoms with Gasteiger partial charge in [-0.2, -0.15) is 0 Å². The second-order valence-electron chi connectivity index (χ2n) is 5.39. The summed E-state index contributed by atoms with van der Waals surface area (Å²) in [7, 11) is 0. The number of pyridine rings is 2. The van der Waals surface area contributed by atoms with Crippen LogP contribution in [0.3, 0.4) is 0 Å². The predicted octanol–water partition coefficient (Wildman–Crippen LogP) is 2.91. The van der Waals surface area contributed by atoms with E-state index >= 15 is 0 Å². The van der Waals surface area contributed by atoms with Crippen LogP contribution in [0.5, 0.6) is 0 Å². The van der Waals surface area contributed by atoms with Crippen LogP contribution in [-0.2, 0) is 12.0 Å². The molecule has 2 N–H and O–H groups in total. The maximum atomic E-state index is 13.1. The lowest BCUT2D eigenvalue weighted by Crippen LogP contribution is -2.42. The van der Waals surface area contributed by atoms with E-state index in [4.69, 9.17) is 5.73 Å². The molecule has 0 saturated carbocycles. The van der Waals surface area contributed by atoms with Crippen LogP contribution < -0.4 is 5.73 Å². The number of nitrogens with zero attached hydrogens (tertiary/aromatic N) is 2. The number of aromatic nitrogens is 2. The summed E-state index contributed by atoms with van der Waals surface area (Å²) in [5.74, 6) is -0.196. The number of aryl methyl sites for hydroxylation is 1. The molecule has 1 aliphatic rings. The van der Waals surface area contributed by atoms with Crippen LogP contribution in [0.25, 0.3) is 0 Å². The van der Waals surface area contributed by atoms with E-state index in [2.05, 4.69) is 16.0 Å². The zero-order valence-electron chi connectivity index (χ0n) is 11.5. The molecule has 0 fully saturated rings. The molecule has 0 radical (unpaired) electrons. The van der Waals surface area contributed by atoms with Gasteiger partial charge in [0.05, 0.1) is 17.4 Å². The minimum absolute atomic E-state index is 0.140. The van der Waals surface area contributed by atoms with Gasteiger partial charge in [-0.3, -0.25) is 9.97 Å². The van der Waals surface area contributed by atoms with E-state index in [9.17, 15) is 4.39 Å². The number of halogens is 1. The molecule has 0 bridgehead atoms. The minimum Gasteiger partial charge on any atom is -0.320 e. The van der Waals surface area contributed by atoms with Gasteiger partial charge in [0, 0.05) is 17.8 Å². The molecule has 1 aliphatic carbocycles. The van der Waals surface area contributed by atoms with Gasteiger partial charge < -0.3 is 5.73 Å². The van der Waals surface area contributed by atoms with Crippen LogP contribution in [0.4, 0.5) is 4.39 Å². The first-order valence-corrected chi connectivity index (χ1v) is 7.00. The third-order valence-electron chi connectivity index (χ3n) is 4.37. The molecule has 0 spiro atoms. The summed E-state index contributed by atoms with van der Waals surface area (Å²) < 4.78 is 13.1. The van der Waals surface area contributed by atoms with Crippen molar-refractivity contribution in [3.8, 4) is 0 Å². The summed E-state index contributed by atoms with van der Waals surface area (Å²) in [5, 5.41) is 0. The maximum absolute atomic E-state index is 13.1. The van der Waals surface area contributed by atoms with Gasteiger partial charge in [0.2, 0.25) is 0 Å². The lowest BCUT2D eigenvalue weighted by molar-refractivity contribution is 0.324. The van der Waals surface area contributed by atoms with Crippen LogP contribution >= 0.6 is 0 Å². The van der Waals surface area contributed by atoms with E-state index in [1.165, 1.54) is 17.8 Å². The van der Waals surface area contributed by atoms with Crippen molar-refractivity contribution < 1.29 is 4.39 Å². The number of hydrogen-bond donors (Lipinski definition) is 1. The normalized spacial score (nSPS) is 20.4. The summed E-state index contributed by atoms with van der Waals surface area (Å²) >= 11 is 0. The average molecular weight is 271 g/mol. The molecule has 3 rings (SSSR count).